The molecule has 0 saturated carbocycles. The first-order chi connectivity index (χ1) is 10.5. The molecule has 0 N–H and O–H groups in total. The van der Waals surface area contributed by atoms with E-state index < -0.39 is 0 Å². The number of rotatable bonds is 5. The topological polar surface area (TPSA) is 55.3 Å². The van der Waals surface area contributed by atoms with Gasteiger partial charge in [0.05, 0.1) is 24.9 Å². The van der Waals surface area contributed by atoms with E-state index in [1.807, 2.05) is 44.2 Å². The van der Waals surface area contributed by atoms with Crippen molar-refractivity contribution in [2.75, 3.05) is 7.11 Å². The second kappa shape index (κ2) is 7.33. The van der Waals surface area contributed by atoms with Gasteiger partial charge in [-0.15, -0.1) is 0 Å². The standard InChI is InChI=1S/C16H18ClN3O2/c1-11(2)15-18-9-13(17)14(19-15)16(21)20(22-3)10-12-7-5-4-6-8-12/h4-9,11H,10H2,1-3H3. The minimum absolute atomic E-state index is 0.105. The van der Waals surface area contributed by atoms with E-state index in [0.29, 0.717) is 12.4 Å². The lowest BCUT2D eigenvalue weighted by atomic mass is 10.2. The molecule has 1 aromatic carbocycles. The van der Waals surface area contributed by atoms with Gasteiger partial charge in [-0.25, -0.2) is 15.0 Å². The molecule has 1 amide bonds. The Kier molecular flexibility index (Phi) is 5.46. The lowest BCUT2D eigenvalue weighted by Gasteiger charge is -2.20. The van der Waals surface area contributed by atoms with Gasteiger partial charge in [0.15, 0.2) is 5.69 Å². The molecule has 116 valence electrons. The van der Waals surface area contributed by atoms with Crippen LogP contribution in [0.3, 0.4) is 0 Å². The SMILES string of the molecule is CON(Cc1ccccc1)C(=O)c1nc(C(C)C)ncc1Cl. The number of carbonyl (C=O) groups excluding carboxylic acids is 1. The van der Waals surface area contributed by atoms with E-state index in [9.17, 15) is 4.79 Å². The first kappa shape index (κ1) is 16.4. The lowest BCUT2D eigenvalue weighted by molar-refractivity contribution is -0.102. The minimum Gasteiger partial charge on any atom is -0.274 e. The van der Waals surface area contributed by atoms with Crippen molar-refractivity contribution in [3.05, 3.63) is 58.6 Å². The predicted octanol–water partition coefficient (Wildman–Crippen LogP) is 3.46. The number of hydroxylamine groups is 2. The number of hydrogen-bond donors (Lipinski definition) is 0. The van der Waals surface area contributed by atoms with Gasteiger partial charge in [0.25, 0.3) is 5.91 Å². The molecular formula is C16H18ClN3O2. The van der Waals surface area contributed by atoms with Gasteiger partial charge >= 0.3 is 0 Å². The van der Waals surface area contributed by atoms with Crippen LogP contribution in [0.2, 0.25) is 5.02 Å². The number of amides is 1. The van der Waals surface area contributed by atoms with Gasteiger partial charge in [-0.2, -0.15) is 0 Å². The summed E-state index contributed by atoms with van der Waals surface area (Å²) in [6, 6.07) is 9.56. The van der Waals surface area contributed by atoms with Crippen molar-refractivity contribution in [1.29, 1.82) is 0 Å². The van der Waals surface area contributed by atoms with E-state index in [-0.39, 0.29) is 22.5 Å². The fourth-order valence-electron chi connectivity index (χ4n) is 1.90. The Labute approximate surface area is 134 Å². The van der Waals surface area contributed by atoms with E-state index in [1.54, 1.807) is 0 Å². The van der Waals surface area contributed by atoms with Crippen LogP contribution in [0.15, 0.2) is 36.5 Å². The molecule has 0 radical (unpaired) electrons. The Bertz CT molecular complexity index is 647. The molecule has 0 saturated heterocycles. The van der Waals surface area contributed by atoms with Gasteiger partial charge in [-0.1, -0.05) is 55.8 Å². The molecule has 0 bridgehead atoms. The lowest BCUT2D eigenvalue weighted by Crippen LogP contribution is -2.30. The van der Waals surface area contributed by atoms with Crippen LogP contribution in [-0.4, -0.2) is 28.0 Å². The van der Waals surface area contributed by atoms with Gasteiger partial charge < -0.3 is 0 Å². The summed E-state index contributed by atoms with van der Waals surface area (Å²) < 4.78 is 0. The molecule has 2 rings (SSSR count). The molecule has 0 atom stereocenters. The number of halogens is 1. The Morgan fingerprint density at radius 2 is 2.00 bits per heavy atom. The largest absolute Gasteiger partial charge is 0.297 e. The Morgan fingerprint density at radius 1 is 1.32 bits per heavy atom. The molecule has 0 aliphatic carbocycles. The van der Waals surface area contributed by atoms with Crippen LogP contribution in [0.1, 0.15) is 41.6 Å². The normalized spacial score (nSPS) is 10.8. The first-order valence-corrected chi connectivity index (χ1v) is 7.33. The molecule has 1 aromatic heterocycles. The average Bonchev–Trinajstić information content (AvgIpc) is 2.53. The molecule has 0 aliphatic rings. The first-order valence-electron chi connectivity index (χ1n) is 6.95. The molecule has 5 nitrogen and oxygen atoms in total. The third kappa shape index (κ3) is 3.81. The summed E-state index contributed by atoms with van der Waals surface area (Å²) in [7, 11) is 1.44. The van der Waals surface area contributed by atoms with Crippen molar-refractivity contribution in [2.24, 2.45) is 0 Å². The highest BCUT2D eigenvalue weighted by atomic mass is 35.5. The minimum atomic E-state index is -0.388. The zero-order valence-corrected chi connectivity index (χ0v) is 13.5. The highest BCUT2D eigenvalue weighted by Gasteiger charge is 2.22. The maximum atomic E-state index is 12.6. The summed E-state index contributed by atoms with van der Waals surface area (Å²) in [5, 5.41) is 1.44. The molecule has 2 aromatic rings. The van der Waals surface area contributed by atoms with Crippen LogP contribution in [0.25, 0.3) is 0 Å². The number of hydrogen-bond acceptors (Lipinski definition) is 4. The van der Waals surface area contributed by atoms with Gasteiger partial charge in [0.2, 0.25) is 0 Å². The number of aromatic nitrogens is 2. The van der Waals surface area contributed by atoms with E-state index in [4.69, 9.17) is 16.4 Å². The van der Waals surface area contributed by atoms with Crippen molar-refractivity contribution >= 4 is 17.5 Å². The van der Waals surface area contributed by atoms with Crippen LogP contribution < -0.4 is 0 Å². The molecular weight excluding hydrogens is 302 g/mol. The number of carbonyl (C=O) groups is 1. The van der Waals surface area contributed by atoms with E-state index in [0.717, 1.165) is 5.56 Å². The Morgan fingerprint density at radius 3 is 2.59 bits per heavy atom. The second-order valence-corrected chi connectivity index (χ2v) is 5.50. The highest BCUT2D eigenvalue weighted by molar-refractivity contribution is 6.33. The molecule has 1 heterocycles. The van der Waals surface area contributed by atoms with Crippen LogP contribution in [0.4, 0.5) is 0 Å². The molecule has 0 unspecified atom stereocenters. The van der Waals surface area contributed by atoms with Crippen LogP contribution in [0.5, 0.6) is 0 Å². The van der Waals surface area contributed by atoms with Crippen LogP contribution >= 0.6 is 11.6 Å². The van der Waals surface area contributed by atoms with Gasteiger partial charge in [-0.05, 0) is 5.56 Å². The number of nitrogens with zero attached hydrogens (tertiary/aromatic N) is 3. The van der Waals surface area contributed by atoms with Crippen molar-refractivity contribution in [2.45, 2.75) is 26.3 Å². The van der Waals surface area contributed by atoms with Crippen molar-refractivity contribution in [3.63, 3.8) is 0 Å². The zero-order chi connectivity index (χ0) is 16.1. The second-order valence-electron chi connectivity index (χ2n) is 5.09. The quantitative estimate of drug-likeness (QED) is 0.792. The van der Waals surface area contributed by atoms with Crippen molar-refractivity contribution < 1.29 is 9.63 Å². The summed E-state index contributed by atoms with van der Waals surface area (Å²) in [6.45, 7) is 4.22. The van der Waals surface area contributed by atoms with Crippen molar-refractivity contribution in [3.8, 4) is 0 Å². The molecule has 0 aliphatic heterocycles. The summed E-state index contributed by atoms with van der Waals surface area (Å²) in [5.41, 5.74) is 1.10. The third-order valence-electron chi connectivity index (χ3n) is 3.10. The van der Waals surface area contributed by atoms with E-state index >= 15 is 0 Å². The highest BCUT2D eigenvalue weighted by Crippen LogP contribution is 2.19. The zero-order valence-electron chi connectivity index (χ0n) is 12.8. The molecule has 22 heavy (non-hydrogen) atoms. The van der Waals surface area contributed by atoms with Crippen molar-refractivity contribution in [1.82, 2.24) is 15.0 Å². The summed E-state index contributed by atoms with van der Waals surface area (Å²) in [6.07, 6.45) is 1.45. The number of benzene rings is 1. The molecule has 0 spiro atoms. The third-order valence-corrected chi connectivity index (χ3v) is 3.37. The smallest absolute Gasteiger partial charge is 0.274 e. The Balaban J connectivity index is 2.26. The summed E-state index contributed by atoms with van der Waals surface area (Å²) in [4.78, 5) is 26.2. The maximum Gasteiger partial charge on any atom is 0.297 e. The predicted molar refractivity (Wildman–Crippen MR) is 84.5 cm³/mol. The van der Waals surface area contributed by atoms with Crippen LogP contribution in [0, 0.1) is 0 Å². The fraction of sp³-hybridized carbons (Fsp3) is 0.312. The van der Waals surface area contributed by atoms with Crippen LogP contribution in [-0.2, 0) is 11.4 Å². The van der Waals surface area contributed by atoms with E-state index in [2.05, 4.69) is 9.97 Å². The Hall–Kier alpha value is -1.98. The molecule has 6 heteroatoms. The van der Waals surface area contributed by atoms with Gasteiger partial charge in [-0.3, -0.25) is 9.63 Å². The van der Waals surface area contributed by atoms with Gasteiger partial charge in [0, 0.05) is 5.92 Å². The van der Waals surface area contributed by atoms with E-state index in [1.165, 1.54) is 18.4 Å². The fourth-order valence-corrected chi connectivity index (χ4v) is 2.07. The summed E-state index contributed by atoms with van der Waals surface area (Å²) >= 11 is 6.07. The van der Waals surface area contributed by atoms with Gasteiger partial charge in [0.1, 0.15) is 5.82 Å². The monoisotopic (exact) mass is 319 g/mol. The summed E-state index contributed by atoms with van der Waals surface area (Å²) in [5.74, 6) is 0.290. The average molecular weight is 320 g/mol. The molecule has 0 fully saturated rings. The maximum absolute atomic E-state index is 12.6.